The van der Waals surface area contributed by atoms with Gasteiger partial charge in [-0.25, -0.2) is 0 Å². The Labute approximate surface area is 110 Å². The molecule has 2 atom stereocenters. The zero-order valence-corrected chi connectivity index (χ0v) is 11.3. The van der Waals surface area contributed by atoms with Crippen LogP contribution >= 0.6 is 0 Å². The van der Waals surface area contributed by atoms with Crippen LogP contribution in [-0.2, 0) is 9.53 Å². The molecule has 0 N–H and O–H groups in total. The van der Waals surface area contributed by atoms with Gasteiger partial charge in [-0.05, 0) is 38.1 Å². The molecule has 3 aliphatic rings. The molecule has 2 saturated heterocycles. The van der Waals surface area contributed by atoms with Crippen molar-refractivity contribution >= 4 is 5.78 Å². The Morgan fingerprint density at radius 2 is 2.00 bits per heavy atom. The van der Waals surface area contributed by atoms with Crippen LogP contribution in [0, 0.1) is 11.8 Å². The van der Waals surface area contributed by atoms with Crippen LogP contribution < -0.4 is 0 Å². The average molecular weight is 251 g/mol. The molecule has 2 unspecified atom stereocenters. The summed E-state index contributed by atoms with van der Waals surface area (Å²) < 4.78 is 5.48. The normalized spacial score (nSPS) is 35.4. The molecule has 2 aliphatic heterocycles. The molecule has 18 heavy (non-hydrogen) atoms. The van der Waals surface area contributed by atoms with E-state index in [1.807, 2.05) is 0 Å². The Balaban J connectivity index is 1.58. The molecule has 0 spiro atoms. The summed E-state index contributed by atoms with van der Waals surface area (Å²) in [6.45, 7) is 3.46. The maximum absolute atomic E-state index is 11.9. The van der Waals surface area contributed by atoms with Crippen molar-refractivity contribution in [1.29, 1.82) is 0 Å². The lowest BCUT2D eigenvalue weighted by molar-refractivity contribution is -0.131. The highest BCUT2D eigenvalue weighted by Crippen LogP contribution is 2.35. The van der Waals surface area contributed by atoms with Gasteiger partial charge in [0.15, 0.2) is 0 Å². The maximum atomic E-state index is 11.9. The lowest BCUT2D eigenvalue weighted by Gasteiger charge is -2.33. The highest BCUT2D eigenvalue weighted by molar-refractivity contribution is 5.82. The van der Waals surface area contributed by atoms with Crippen molar-refractivity contribution in [3.8, 4) is 0 Å². The fourth-order valence-corrected chi connectivity index (χ4v) is 4.09. The molecule has 3 rings (SSSR count). The lowest BCUT2D eigenvalue weighted by atomic mass is 9.94. The molecule has 3 nitrogen and oxygen atoms in total. The summed E-state index contributed by atoms with van der Waals surface area (Å²) >= 11 is 0. The number of carbonyl (C=O) groups excluding carboxylic acids is 1. The van der Waals surface area contributed by atoms with Crippen LogP contribution in [0.25, 0.3) is 0 Å². The molecule has 102 valence electrons. The summed E-state index contributed by atoms with van der Waals surface area (Å²) in [7, 11) is 0. The molecule has 0 aromatic carbocycles. The van der Waals surface area contributed by atoms with Gasteiger partial charge in [0.2, 0.25) is 0 Å². The Morgan fingerprint density at radius 1 is 1.17 bits per heavy atom. The van der Waals surface area contributed by atoms with Crippen molar-refractivity contribution < 1.29 is 9.53 Å². The first kappa shape index (κ1) is 12.6. The minimum Gasteiger partial charge on any atom is -0.380 e. The number of rotatable bonds is 3. The average Bonchev–Trinajstić information content (AvgIpc) is 3.02. The SMILES string of the molecule is O=C1CCOCC1CN1CCCC1C1CCCC1. The van der Waals surface area contributed by atoms with E-state index >= 15 is 0 Å². The second kappa shape index (κ2) is 5.70. The van der Waals surface area contributed by atoms with Gasteiger partial charge in [0, 0.05) is 19.0 Å². The van der Waals surface area contributed by atoms with Crippen molar-refractivity contribution in [2.75, 3.05) is 26.3 Å². The van der Waals surface area contributed by atoms with Crippen LogP contribution in [0.3, 0.4) is 0 Å². The Kier molecular flexibility index (Phi) is 4.00. The zero-order chi connectivity index (χ0) is 12.4. The molecular formula is C15H25NO2. The molecule has 0 aromatic rings. The van der Waals surface area contributed by atoms with Gasteiger partial charge in [0.05, 0.1) is 19.1 Å². The standard InChI is InChI=1S/C15H25NO2/c17-15-7-9-18-11-13(15)10-16-8-3-6-14(16)12-4-1-2-5-12/h12-14H,1-11H2. The number of Topliss-reactive ketones (excluding diaryl/α,β-unsaturated/α-hetero) is 1. The van der Waals surface area contributed by atoms with Gasteiger partial charge in [-0.15, -0.1) is 0 Å². The molecule has 3 heteroatoms. The van der Waals surface area contributed by atoms with E-state index in [0.29, 0.717) is 25.4 Å². The highest BCUT2D eigenvalue weighted by atomic mass is 16.5. The first-order chi connectivity index (χ1) is 8.84. The smallest absolute Gasteiger partial charge is 0.141 e. The fraction of sp³-hybridized carbons (Fsp3) is 0.933. The maximum Gasteiger partial charge on any atom is 0.141 e. The highest BCUT2D eigenvalue weighted by Gasteiger charge is 2.35. The Morgan fingerprint density at radius 3 is 2.78 bits per heavy atom. The topological polar surface area (TPSA) is 29.5 Å². The largest absolute Gasteiger partial charge is 0.380 e. The van der Waals surface area contributed by atoms with Gasteiger partial charge in [0.25, 0.3) is 0 Å². The quantitative estimate of drug-likeness (QED) is 0.770. The fourth-order valence-electron chi connectivity index (χ4n) is 4.09. The van der Waals surface area contributed by atoms with E-state index in [1.54, 1.807) is 0 Å². The third-order valence-corrected chi connectivity index (χ3v) is 5.08. The van der Waals surface area contributed by atoms with E-state index in [1.165, 1.54) is 45.1 Å². The van der Waals surface area contributed by atoms with Gasteiger partial charge in [-0.2, -0.15) is 0 Å². The third-order valence-electron chi connectivity index (χ3n) is 5.08. The van der Waals surface area contributed by atoms with Crippen molar-refractivity contribution in [2.45, 2.75) is 51.0 Å². The first-order valence-corrected chi connectivity index (χ1v) is 7.69. The molecule has 1 aliphatic carbocycles. The Bertz CT molecular complexity index is 299. The summed E-state index contributed by atoms with van der Waals surface area (Å²) in [4.78, 5) is 14.5. The number of nitrogens with zero attached hydrogens (tertiary/aromatic N) is 1. The molecular weight excluding hydrogens is 226 g/mol. The van der Waals surface area contributed by atoms with Crippen LogP contribution in [0.15, 0.2) is 0 Å². The molecule has 2 heterocycles. The molecule has 0 aromatic heterocycles. The van der Waals surface area contributed by atoms with Gasteiger partial charge in [-0.1, -0.05) is 12.8 Å². The third kappa shape index (κ3) is 2.62. The molecule has 3 fully saturated rings. The number of ether oxygens (including phenoxy) is 1. The summed E-state index contributed by atoms with van der Waals surface area (Å²) in [6.07, 6.45) is 8.97. The van der Waals surface area contributed by atoms with Crippen LogP contribution in [-0.4, -0.2) is 43.0 Å². The van der Waals surface area contributed by atoms with Gasteiger partial charge >= 0.3 is 0 Å². The summed E-state index contributed by atoms with van der Waals surface area (Å²) in [5.74, 6) is 1.49. The van der Waals surface area contributed by atoms with Crippen LogP contribution in [0.2, 0.25) is 0 Å². The van der Waals surface area contributed by atoms with E-state index < -0.39 is 0 Å². The van der Waals surface area contributed by atoms with E-state index in [4.69, 9.17) is 4.74 Å². The van der Waals surface area contributed by atoms with Crippen molar-refractivity contribution in [1.82, 2.24) is 4.90 Å². The van der Waals surface area contributed by atoms with Crippen LogP contribution in [0.1, 0.15) is 44.9 Å². The van der Waals surface area contributed by atoms with E-state index in [0.717, 1.165) is 18.5 Å². The summed E-state index contributed by atoms with van der Waals surface area (Å²) in [5, 5.41) is 0. The number of hydrogen-bond acceptors (Lipinski definition) is 3. The first-order valence-electron chi connectivity index (χ1n) is 7.69. The van der Waals surface area contributed by atoms with Gasteiger partial charge in [-0.3, -0.25) is 9.69 Å². The van der Waals surface area contributed by atoms with E-state index in [2.05, 4.69) is 4.90 Å². The Hall–Kier alpha value is -0.410. The van der Waals surface area contributed by atoms with Crippen LogP contribution in [0.5, 0.6) is 0 Å². The van der Waals surface area contributed by atoms with E-state index in [9.17, 15) is 4.79 Å². The minimum absolute atomic E-state index is 0.153. The van der Waals surface area contributed by atoms with Gasteiger partial charge in [0.1, 0.15) is 5.78 Å². The van der Waals surface area contributed by atoms with Gasteiger partial charge < -0.3 is 4.74 Å². The van der Waals surface area contributed by atoms with Crippen LogP contribution in [0.4, 0.5) is 0 Å². The minimum atomic E-state index is 0.153. The summed E-state index contributed by atoms with van der Waals surface area (Å²) in [5.41, 5.74) is 0. The summed E-state index contributed by atoms with van der Waals surface area (Å²) in [6, 6.07) is 0.766. The second-order valence-corrected chi connectivity index (χ2v) is 6.24. The molecule has 1 saturated carbocycles. The monoisotopic (exact) mass is 251 g/mol. The van der Waals surface area contributed by atoms with Crippen molar-refractivity contribution in [2.24, 2.45) is 11.8 Å². The molecule has 0 radical (unpaired) electrons. The second-order valence-electron chi connectivity index (χ2n) is 6.24. The molecule has 0 amide bonds. The number of carbonyl (C=O) groups is 1. The van der Waals surface area contributed by atoms with Crippen molar-refractivity contribution in [3.05, 3.63) is 0 Å². The number of ketones is 1. The molecule has 0 bridgehead atoms. The predicted molar refractivity (Wildman–Crippen MR) is 70.5 cm³/mol. The van der Waals surface area contributed by atoms with Crippen molar-refractivity contribution in [3.63, 3.8) is 0 Å². The number of likely N-dealkylation sites (tertiary alicyclic amines) is 1. The van der Waals surface area contributed by atoms with E-state index in [-0.39, 0.29) is 5.92 Å². The lowest BCUT2D eigenvalue weighted by Crippen LogP contribution is -2.42. The predicted octanol–water partition coefficient (Wildman–Crippen LogP) is 2.25. The zero-order valence-electron chi connectivity index (χ0n) is 11.3. The number of hydrogen-bond donors (Lipinski definition) is 0.